The zero-order valence-corrected chi connectivity index (χ0v) is 10.2. The first-order valence-electron chi connectivity index (χ1n) is 4.67. The number of nitrogens with two attached hydrogens (primary N) is 1. The van der Waals surface area contributed by atoms with E-state index in [1.807, 2.05) is 0 Å². The van der Waals surface area contributed by atoms with E-state index < -0.39 is 4.92 Å². The molecule has 1 aromatic carbocycles. The second-order valence-corrected chi connectivity index (χ2v) is 4.11. The molecule has 17 heavy (non-hydrogen) atoms. The Morgan fingerprint density at radius 2 is 2.29 bits per heavy atom. The summed E-state index contributed by atoms with van der Waals surface area (Å²) in [6.07, 6.45) is 1.63. The molecule has 0 aliphatic heterocycles. The van der Waals surface area contributed by atoms with Gasteiger partial charge in [-0.2, -0.15) is 0 Å². The quantitative estimate of drug-likeness (QED) is 0.682. The van der Waals surface area contributed by atoms with E-state index in [2.05, 4.69) is 26.2 Å². The van der Waals surface area contributed by atoms with E-state index in [1.54, 1.807) is 12.3 Å². The van der Waals surface area contributed by atoms with Gasteiger partial charge in [-0.05, 0) is 22.0 Å². The number of rotatable bonds is 3. The number of benzene rings is 1. The molecule has 0 saturated carbocycles. The number of nitro benzene ring substituents is 1. The molecule has 0 radical (unpaired) electrons. The van der Waals surface area contributed by atoms with E-state index in [1.165, 1.54) is 16.8 Å². The number of hydrogen-bond acceptors (Lipinski definition) is 5. The summed E-state index contributed by atoms with van der Waals surface area (Å²) in [5.74, 6) is 0. The van der Waals surface area contributed by atoms with Gasteiger partial charge in [0.15, 0.2) is 0 Å². The van der Waals surface area contributed by atoms with E-state index in [0.29, 0.717) is 15.9 Å². The zero-order valence-electron chi connectivity index (χ0n) is 8.58. The minimum absolute atomic E-state index is 0.00648. The van der Waals surface area contributed by atoms with Crippen molar-refractivity contribution in [2.24, 2.45) is 5.73 Å². The van der Waals surface area contributed by atoms with Gasteiger partial charge < -0.3 is 5.73 Å². The lowest BCUT2D eigenvalue weighted by Crippen LogP contribution is -1.98. The van der Waals surface area contributed by atoms with Crippen molar-refractivity contribution in [1.82, 2.24) is 15.0 Å². The summed E-state index contributed by atoms with van der Waals surface area (Å²) >= 11 is 3.30. The van der Waals surface area contributed by atoms with Gasteiger partial charge in [-0.1, -0.05) is 5.21 Å². The largest absolute Gasteiger partial charge is 0.325 e. The van der Waals surface area contributed by atoms with Gasteiger partial charge in [-0.25, -0.2) is 4.68 Å². The van der Waals surface area contributed by atoms with Gasteiger partial charge in [-0.15, -0.1) is 5.10 Å². The second kappa shape index (κ2) is 4.60. The first-order chi connectivity index (χ1) is 8.11. The molecule has 7 nitrogen and oxygen atoms in total. The molecular formula is C9H8BrN5O2. The number of aromatic nitrogens is 3. The maximum absolute atomic E-state index is 10.7. The van der Waals surface area contributed by atoms with Crippen LogP contribution in [0.25, 0.3) is 5.69 Å². The number of non-ortho nitro benzene ring substituents is 1. The van der Waals surface area contributed by atoms with Crippen molar-refractivity contribution in [2.75, 3.05) is 0 Å². The summed E-state index contributed by atoms with van der Waals surface area (Å²) in [6, 6.07) is 4.42. The zero-order chi connectivity index (χ0) is 12.4. The fraction of sp³-hybridized carbons (Fsp3) is 0.111. The fourth-order valence-corrected chi connectivity index (χ4v) is 1.73. The third-order valence-corrected chi connectivity index (χ3v) is 2.81. The minimum atomic E-state index is -0.462. The van der Waals surface area contributed by atoms with Gasteiger partial charge in [0.25, 0.3) is 5.69 Å². The number of hydrogen-bond donors (Lipinski definition) is 1. The topological polar surface area (TPSA) is 99.9 Å². The van der Waals surface area contributed by atoms with E-state index in [-0.39, 0.29) is 12.2 Å². The lowest BCUT2D eigenvalue weighted by atomic mass is 10.3. The van der Waals surface area contributed by atoms with Crippen LogP contribution in [0.15, 0.2) is 28.9 Å². The van der Waals surface area contributed by atoms with Crippen LogP contribution in [0.2, 0.25) is 0 Å². The van der Waals surface area contributed by atoms with Crippen LogP contribution in [0.4, 0.5) is 5.69 Å². The van der Waals surface area contributed by atoms with Gasteiger partial charge in [0.2, 0.25) is 0 Å². The van der Waals surface area contributed by atoms with Gasteiger partial charge in [0, 0.05) is 23.2 Å². The smallest absolute Gasteiger partial charge is 0.271 e. The minimum Gasteiger partial charge on any atom is -0.325 e. The summed E-state index contributed by atoms with van der Waals surface area (Å²) in [7, 11) is 0. The Hall–Kier alpha value is -1.80. The lowest BCUT2D eigenvalue weighted by molar-refractivity contribution is -0.384. The summed E-state index contributed by atoms with van der Waals surface area (Å²) in [4.78, 5) is 10.2. The van der Waals surface area contributed by atoms with Gasteiger partial charge in [-0.3, -0.25) is 10.1 Å². The van der Waals surface area contributed by atoms with Crippen LogP contribution >= 0.6 is 15.9 Å². The Kier molecular flexibility index (Phi) is 3.16. The lowest BCUT2D eigenvalue weighted by Gasteiger charge is -2.02. The summed E-state index contributed by atoms with van der Waals surface area (Å²) < 4.78 is 2.13. The monoisotopic (exact) mass is 297 g/mol. The van der Waals surface area contributed by atoms with E-state index in [4.69, 9.17) is 5.73 Å². The number of nitrogens with zero attached hydrogens (tertiary/aromatic N) is 4. The molecule has 0 saturated heterocycles. The third kappa shape index (κ3) is 2.32. The first kappa shape index (κ1) is 11.7. The maximum atomic E-state index is 10.7. The third-order valence-electron chi connectivity index (χ3n) is 2.14. The van der Waals surface area contributed by atoms with E-state index >= 15 is 0 Å². The van der Waals surface area contributed by atoms with Crippen molar-refractivity contribution in [1.29, 1.82) is 0 Å². The average Bonchev–Trinajstić information content (AvgIpc) is 2.77. The predicted octanol–water partition coefficient (Wildman–Crippen LogP) is 1.40. The SMILES string of the molecule is NCc1cn(-c2cc([N+](=O)[O-])ccc2Br)nn1. The van der Waals surface area contributed by atoms with Crippen LogP contribution < -0.4 is 5.73 Å². The Balaban J connectivity index is 2.49. The summed E-state index contributed by atoms with van der Waals surface area (Å²) in [6.45, 7) is 0.270. The van der Waals surface area contributed by atoms with Gasteiger partial charge in [0.1, 0.15) is 0 Å². The molecule has 2 N–H and O–H groups in total. The molecule has 0 spiro atoms. The molecule has 2 rings (SSSR count). The molecule has 2 aromatic rings. The highest BCUT2D eigenvalue weighted by Crippen LogP contribution is 2.25. The summed E-state index contributed by atoms with van der Waals surface area (Å²) in [5.41, 5.74) is 6.58. The van der Waals surface area contributed by atoms with E-state index in [9.17, 15) is 10.1 Å². The molecular weight excluding hydrogens is 290 g/mol. The Labute approximate surface area is 105 Å². The molecule has 0 fully saturated rings. The Morgan fingerprint density at radius 1 is 1.53 bits per heavy atom. The van der Waals surface area contributed by atoms with Crippen LogP contribution in [0.5, 0.6) is 0 Å². The summed E-state index contributed by atoms with van der Waals surface area (Å²) in [5, 5.41) is 18.4. The van der Waals surface area contributed by atoms with Gasteiger partial charge in [0.05, 0.1) is 22.5 Å². The highest BCUT2D eigenvalue weighted by molar-refractivity contribution is 9.10. The van der Waals surface area contributed by atoms with Crippen molar-refractivity contribution in [3.05, 3.63) is 44.7 Å². The van der Waals surface area contributed by atoms with Gasteiger partial charge >= 0.3 is 0 Å². The van der Waals surface area contributed by atoms with Crippen molar-refractivity contribution >= 4 is 21.6 Å². The predicted molar refractivity (Wildman–Crippen MR) is 63.6 cm³/mol. The number of halogens is 1. The fourth-order valence-electron chi connectivity index (χ4n) is 1.30. The Bertz CT molecular complexity index is 568. The highest BCUT2D eigenvalue weighted by Gasteiger charge is 2.12. The van der Waals surface area contributed by atoms with E-state index in [0.717, 1.165) is 0 Å². The van der Waals surface area contributed by atoms with Crippen molar-refractivity contribution < 1.29 is 4.92 Å². The van der Waals surface area contributed by atoms with Crippen LogP contribution in [0, 0.1) is 10.1 Å². The molecule has 1 heterocycles. The molecule has 1 aromatic heterocycles. The average molecular weight is 298 g/mol. The highest BCUT2D eigenvalue weighted by atomic mass is 79.9. The first-order valence-corrected chi connectivity index (χ1v) is 5.46. The molecule has 8 heteroatoms. The Morgan fingerprint density at radius 3 is 2.88 bits per heavy atom. The molecule has 0 atom stereocenters. The normalized spacial score (nSPS) is 10.5. The van der Waals surface area contributed by atoms with Crippen LogP contribution in [0.3, 0.4) is 0 Å². The molecule has 0 aliphatic carbocycles. The molecule has 88 valence electrons. The van der Waals surface area contributed by atoms with Crippen molar-refractivity contribution in [2.45, 2.75) is 6.54 Å². The van der Waals surface area contributed by atoms with Crippen molar-refractivity contribution in [3.8, 4) is 5.69 Å². The standard InChI is InChI=1S/C9H8BrN5O2/c10-8-2-1-7(15(16)17)3-9(8)14-5-6(4-11)12-13-14/h1-3,5H,4,11H2. The van der Waals surface area contributed by atoms with Crippen LogP contribution in [0.1, 0.15) is 5.69 Å². The maximum Gasteiger partial charge on any atom is 0.271 e. The van der Waals surface area contributed by atoms with Crippen molar-refractivity contribution in [3.63, 3.8) is 0 Å². The molecule has 0 aliphatic rings. The van der Waals surface area contributed by atoms with Crippen LogP contribution in [-0.4, -0.2) is 19.9 Å². The molecule has 0 bridgehead atoms. The number of nitro groups is 1. The second-order valence-electron chi connectivity index (χ2n) is 3.25. The molecule has 0 amide bonds. The molecule has 0 unspecified atom stereocenters. The van der Waals surface area contributed by atoms with Crippen LogP contribution in [-0.2, 0) is 6.54 Å².